The van der Waals surface area contributed by atoms with E-state index in [1.165, 1.54) is 10.4 Å². The van der Waals surface area contributed by atoms with E-state index in [-0.39, 0.29) is 5.04 Å². The van der Waals surface area contributed by atoms with Gasteiger partial charge in [-0.3, -0.25) is 0 Å². The Bertz CT molecular complexity index is 1640. The topological polar surface area (TPSA) is 73.8 Å². The highest BCUT2D eigenvalue weighted by Crippen LogP contribution is 2.40. The van der Waals surface area contributed by atoms with Crippen molar-refractivity contribution in [3.63, 3.8) is 0 Å². The Morgan fingerprint density at radius 3 is 0.879 bits per heavy atom. The Kier molecular flexibility index (Phi) is 19.3. The van der Waals surface area contributed by atoms with E-state index in [1.807, 2.05) is 54.6 Å². The molecular formula is C49H62O8Si. The average molecular weight is 807 g/mol. The van der Waals surface area contributed by atoms with Crippen molar-refractivity contribution in [2.24, 2.45) is 0 Å². The van der Waals surface area contributed by atoms with Crippen molar-refractivity contribution in [3.05, 3.63) is 168 Å². The Morgan fingerprint density at radius 1 is 0.328 bits per heavy atom. The van der Waals surface area contributed by atoms with Gasteiger partial charge in [0.25, 0.3) is 8.32 Å². The van der Waals surface area contributed by atoms with Crippen LogP contribution in [0.25, 0.3) is 0 Å². The molecule has 0 spiro atoms. The third-order valence-corrected chi connectivity index (χ3v) is 15.0. The van der Waals surface area contributed by atoms with Gasteiger partial charge in [-0.15, -0.1) is 0 Å². The first-order chi connectivity index (χ1) is 28.5. The molecule has 0 atom stereocenters. The molecule has 0 saturated heterocycles. The van der Waals surface area contributed by atoms with Gasteiger partial charge in [-0.2, -0.15) is 0 Å². The summed E-state index contributed by atoms with van der Waals surface area (Å²) in [6.07, 6.45) is 0. The summed E-state index contributed by atoms with van der Waals surface area (Å²) < 4.78 is 48.1. The largest absolute Gasteiger partial charge is 0.405 e. The number of ether oxygens (including phenoxy) is 7. The van der Waals surface area contributed by atoms with Crippen LogP contribution in [0.1, 0.15) is 37.5 Å². The van der Waals surface area contributed by atoms with Crippen molar-refractivity contribution in [1.29, 1.82) is 0 Å². The molecule has 0 aliphatic carbocycles. The molecule has 0 heterocycles. The lowest BCUT2D eigenvalue weighted by Crippen LogP contribution is -2.66. The second-order valence-electron chi connectivity index (χ2n) is 14.8. The Balaban J connectivity index is 0.864. The van der Waals surface area contributed by atoms with E-state index in [9.17, 15) is 0 Å². The van der Waals surface area contributed by atoms with Crippen LogP contribution in [-0.4, -0.2) is 101 Å². The standard InChI is InChI=1S/C49H62O8Si/c1-48(2,3)58(46-25-15-7-16-26-46,47-27-17-8-18-28-47)57-42-40-55-38-36-53-34-32-51-30-29-50-31-33-52-35-37-54-39-41-56-49(43-19-9-4-10-20-43,44-21-11-5-12-22-44)45-23-13-6-14-24-45/h4-28H,29-42H2,1-3H3. The van der Waals surface area contributed by atoms with Crippen molar-refractivity contribution in [2.45, 2.75) is 31.4 Å². The monoisotopic (exact) mass is 806 g/mol. The highest BCUT2D eigenvalue weighted by Gasteiger charge is 2.50. The minimum atomic E-state index is -2.55. The molecule has 0 aromatic heterocycles. The molecule has 0 amide bonds. The molecule has 5 rings (SSSR count). The number of hydrogen-bond donors (Lipinski definition) is 0. The maximum Gasteiger partial charge on any atom is 0.261 e. The minimum Gasteiger partial charge on any atom is -0.405 e. The molecule has 0 saturated carbocycles. The van der Waals surface area contributed by atoms with Crippen molar-refractivity contribution in [1.82, 2.24) is 0 Å². The van der Waals surface area contributed by atoms with Crippen molar-refractivity contribution < 1.29 is 37.6 Å². The van der Waals surface area contributed by atoms with Crippen LogP contribution in [0.3, 0.4) is 0 Å². The third-order valence-electron chi connectivity index (χ3n) is 9.91. The molecule has 0 aliphatic heterocycles. The van der Waals surface area contributed by atoms with Gasteiger partial charge in [0.05, 0.1) is 92.5 Å². The van der Waals surface area contributed by atoms with Gasteiger partial charge in [0, 0.05) is 0 Å². The average Bonchev–Trinajstić information content (AvgIpc) is 3.26. The summed E-state index contributed by atoms with van der Waals surface area (Å²) in [5, 5.41) is 2.48. The van der Waals surface area contributed by atoms with Crippen LogP contribution < -0.4 is 10.4 Å². The first kappa shape index (κ1) is 45.1. The second kappa shape index (κ2) is 24.8. The van der Waals surface area contributed by atoms with Gasteiger partial charge in [0.2, 0.25) is 0 Å². The fourth-order valence-corrected chi connectivity index (χ4v) is 11.8. The molecular weight excluding hydrogens is 745 g/mol. The van der Waals surface area contributed by atoms with Crippen LogP contribution >= 0.6 is 0 Å². The molecule has 5 aromatic carbocycles. The molecule has 0 aliphatic rings. The lowest BCUT2D eigenvalue weighted by molar-refractivity contribution is -0.0395. The van der Waals surface area contributed by atoms with Crippen LogP contribution in [0.15, 0.2) is 152 Å². The van der Waals surface area contributed by atoms with Gasteiger partial charge in [0.1, 0.15) is 5.60 Å². The molecule has 9 heteroatoms. The molecule has 5 aromatic rings. The first-order valence-electron chi connectivity index (χ1n) is 20.5. The molecule has 0 fully saturated rings. The van der Waals surface area contributed by atoms with Gasteiger partial charge in [-0.05, 0) is 32.1 Å². The number of rotatable bonds is 28. The molecule has 58 heavy (non-hydrogen) atoms. The summed E-state index contributed by atoms with van der Waals surface area (Å²) in [5.41, 5.74) is 2.46. The van der Waals surface area contributed by atoms with Crippen molar-refractivity contribution in [3.8, 4) is 0 Å². The lowest BCUT2D eigenvalue weighted by atomic mass is 9.80. The summed E-state index contributed by atoms with van der Waals surface area (Å²) in [5.74, 6) is 0. The minimum absolute atomic E-state index is 0.0598. The Labute approximate surface area is 347 Å². The summed E-state index contributed by atoms with van der Waals surface area (Å²) >= 11 is 0. The molecule has 0 bridgehead atoms. The van der Waals surface area contributed by atoms with Crippen LogP contribution in [0.4, 0.5) is 0 Å². The summed E-state index contributed by atoms with van der Waals surface area (Å²) in [4.78, 5) is 0. The fraction of sp³-hybridized carbons (Fsp3) is 0.388. The van der Waals surface area contributed by atoms with E-state index in [1.54, 1.807) is 0 Å². The van der Waals surface area contributed by atoms with Gasteiger partial charge in [-0.25, -0.2) is 0 Å². The van der Waals surface area contributed by atoms with Crippen LogP contribution in [0.2, 0.25) is 5.04 Å². The summed E-state index contributed by atoms with van der Waals surface area (Å²) in [6, 6.07) is 52.4. The predicted molar refractivity (Wildman–Crippen MR) is 234 cm³/mol. The molecule has 0 unspecified atom stereocenters. The van der Waals surface area contributed by atoms with Crippen LogP contribution in [-0.2, 0) is 43.2 Å². The molecule has 0 N–H and O–H groups in total. The van der Waals surface area contributed by atoms with Crippen molar-refractivity contribution >= 4 is 18.7 Å². The van der Waals surface area contributed by atoms with Crippen molar-refractivity contribution in [2.75, 3.05) is 92.5 Å². The maximum atomic E-state index is 6.87. The quantitative estimate of drug-likeness (QED) is 0.0290. The number of benzene rings is 5. The zero-order valence-electron chi connectivity index (χ0n) is 34.6. The van der Waals surface area contributed by atoms with E-state index in [0.717, 1.165) is 16.7 Å². The maximum absolute atomic E-state index is 6.87. The second-order valence-corrected chi connectivity index (χ2v) is 19.1. The highest BCUT2D eigenvalue weighted by molar-refractivity contribution is 6.99. The van der Waals surface area contributed by atoms with Gasteiger partial charge < -0.3 is 37.6 Å². The van der Waals surface area contributed by atoms with E-state index in [4.69, 9.17) is 37.6 Å². The fourth-order valence-electron chi connectivity index (χ4n) is 7.24. The first-order valence-corrected chi connectivity index (χ1v) is 22.4. The van der Waals surface area contributed by atoms with E-state index in [2.05, 4.69) is 118 Å². The van der Waals surface area contributed by atoms with Gasteiger partial charge >= 0.3 is 0 Å². The predicted octanol–water partition coefficient (Wildman–Crippen LogP) is 7.67. The normalized spacial score (nSPS) is 12.2. The van der Waals surface area contributed by atoms with E-state index in [0.29, 0.717) is 92.5 Å². The number of hydrogen-bond acceptors (Lipinski definition) is 8. The van der Waals surface area contributed by atoms with Gasteiger partial charge in [0.15, 0.2) is 0 Å². The van der Waals surface area contributed by atoms with E-state index < -0.39 is 13.9 Å². The van der Waals surface area contributed by atoms with Crippen LogP contribution in [0.5, 0.6) is 0 Å². The molecule has 8 nitrogen and oxygen atoms in total. The summed E-state index contributed by atoms with van der Waals surface area (Å²) in [6.45, 7) is 13.7. The summed E-state index contributed by atoms with van der Waals surface area (Å²) in [7, 11) is -2.55. The lowest BCUT2D eigenvalue weighted by Gasteiger charge is -2.43. The Hall–Kier alpha value is -4.00. The highest BCUT2D eigenvalue weighted by atomic mass is 28.4. The third kappa shape index (κ3) is 13.0. The molecule has 0 radical (unpaired) electrons. The zero-order valence-corrected chi connectivity index (χ0v) is 35.6. The SMILES string of the molecule is CC(C)(C)[Si](OCCOCCOCCOCCOCCOCCOCCOC(c1ccccc1)(c1ccccc1)c1ccccc1)(c1ccccc1)c1ccccc1. The zero-order chi connectivity index (χ0) is 40.6. The Morgan fingerprint density at radius 2 is 0.586 bits per heavy atom. The molecule has 310 valence electrons. The van der Waals surface area contributed by atoms with E-state index >= 15 is 0 Å². The van der Waals surface area contributed by atoms with Crippen LogP contribution in [0, 0.1) is 0 Å². The smallest absolute Gasteiger partial charge is 0.261 e. The van der Waals surface area contributed by atoms with Gasteiger partial charge in [-0.1, -0.05) is 172 Å².